The summed E-state index contributed by atoms with van der Waals surface area (Å²) < 4.78 is 33.3. The minimum atomic E-state index is -4.07. The van der Waals surface area contributed by atoms with Crippen molar-refractivity contribution in [3.05, 3.63) is 52.0 Å². The Kier molecular flexibility index (Phi) is 6.37. The lowest BCUT2D eigenvalue weighted by molar-refractivity contribution is 0.0725. The minimum Gasteiger partial charge on any atom is -0.495 e. The van der Waals surface area contributed by atoms with Crippen molar-refractivity contribution in [1.29, 1.82) is 0 Å². The van der Waals surface area contributed by atoms with Gasteiger partial charge in [-0.3, -0.25) is 9.52 Å². The highest BCUT2D eigenvalue weighted by molar-refractivity contribution is 7.92. The van der Waals surface area contributed by atoms with Gasteiger partial charge in [-0.2, -0.15) is 0 Å². The molecule has 1 aliphatic heterocycles. The van der Waals surface area contributed by atoms with E-state index in [0.29, 0.717) is 18.7 Å². The largest absolute Gasteiger partial charge is 0.495 e. The van der Waals surface area contributed by atoms with Gasteiger partial charge in [0.1, 0.15) is 15.7 Å². The zero-order chi connectivity index (χ0) is 20.3. The number of hydrogen-bond donors (Lipinski definition) is 1. The van der Waals surface area contributed by atoms with Crippen LogP contribution in [0.1, 0.15) is 29.6 Å². The second-order valence-electron chi connectivity index (χ2n) is 6.40. The number of anilines is 1. The summed E-state index contributed by atoms with van der Waals surface area (Å²) in [5, 5.41) is -0.141. The van der Waals surface area contributed by atoms with E-state index in [1.54, 1.807) is 29.2 Å². The molecule has 1 heterocycles. The normalized spacial score (nSPS) is 14.6. The molecule has 0 saturated carbocycles. The van der Waals surface area contributed by atoms with Crippen LogP contribution in [-0.2, 0) is 10.0 Å². The highest BCUT2D eigenvalue weighted by atomic mass is 35.5. The van der Waals surface area contributed by atoms with Crippen LogP contribution < -0.4 is 9.46 Å². The first-order valence-electron chi connectivity index (χ1n) is 8.78. The number of piperidine rings is 1. The molecule has 1 aliphatic rings. The molecule has 150 valence electrons. The third-order valence-electron chi connectivity index (χ3n) is 4.57. The number of nitrogens with one attached hydrogen (secondary N) is 1. The number of amides is 1. The molecule has 1 amide bonds. The van der Waals surface area contributed by atoms with E-state index in [-0.39, 0.29) is 32.3 Å². The minimum absolute atomic E-state index is 0.00437. The molecule has 0 bridgehead atoms. The van der Waals surface area contributed by atoms with E-state index in [1.165, 1.54) is 19.2 Å². The summed E-state index contributed by atoms with van der Waals surface area (Å²) in [6.45, 7) is 1.33. The van der Waals surface area contributed by atoms with Crippen molar-refractivity contribution in [2.75, 3.05) is 24.9 Å². The molecule has 0 unspecified atom stereocenters. The van der Waals surface area contributed by atoms with Gasteiger partial charge in [0.15, 0.2) is 0 Å². The van der Waals surface area contributed by atoms with Crippen molar-refractivity contribution in [2.24, 2.45) is 0 Å². The van der Waals surface area contributed by atoms with E-state index in [0.717, 1.165) is 19.3 Å². The molecule has 0 atom stereocenters. The van der Waals surface area contributed by atoms with Crippen molar-refractivity contribution in [3.8, 4) is 5.75 Å². The molecule has 28 heavy (non-hydrogen) atoms. The molecule has 3 rings (SSSR count). The monoisotopic (exact) mass is 442 g/mol. The highest BCUT2D eigenvalue weighted by Crippen LogP contribution is 2.37. The molecule has 2 aromatic carbocycles. The number of sulfonamides is 1. The van der Waals surface area contributed by atoms with E-state index in [4.69, 9.17) is 27.9 Å². The molecule has 0 aromatic heterocycles. The number of rotatable bonds is 5. The molecule has 1 saturated heterocycles. The van der Waals surface area contributed by atoms with Crippen LogP contribution in [0.25, 0.3) is 0 Å². The van der Waals surface area contributed by atoms with Crippen LogP contribution in [0.5, 0.6) is 5.75 Å². The number of para-hydroxylation sites is 1. The highest BCUT2D eigenvalue weighted by Gasteiger charge is 2.25. The van der Waals surface area contributed by atoms with Gasteiger partial charge in [-0.25, -0.2) is 8.42 Å². The van der Waals surface area contributed by atoms with Crippen LogP contribution in [0.15, 0.2) is 41.3 Å². The third kappa shape index (κ3) is 4.21. The van der Waals surface area contributed by atoms with Gasteiger partial charge in [-0.05, 0) is 43.5 Å². The number of nitrogens with zero attached hydrogens (tertiary/aromatic N) is 1. The van der Waals surface area contributed by atoms with Gasteiger partial charge < -0.3 is 9.64 Å². The topological polar surface area (TPSA) is 75.7 Å². The van der Waals surface area contributed by atoms with Gasteiger partial charge in [-0.15, -0.1) is 0 Å². The SMILES string of the molecule is COc1ccc(S(=O)(=O)Nc2ccccc2C(=O)N2CCCCC2)c(Cl)c1Cl. The summed E-state index contributed by atoms with van der Waals surface area (Å²) in [5.74, 6) is 0.0724. The summed E-state index contributed by atoms with van der Waals surface area (Å²) >= 11 is 12.2. The second kappa shape index (κ2) is 8.59. The van der Waals surface area contributed by atoms with E-state index >= 15 is 0 Å². The molecule has 6 nitrogen and oxygen atoms in total. The molecular formula is C19H20Cl2N2O4S. The summed E-state index contributed by atoms with van der Waals surface area (Å²) in [5.41, 5.74) is 0.491. The van der Waals surface area contributed by atoms with Crippen LogP contribution in [-0.4, -0.2) is 39.4 Å². The predicted octanol–water partition coefficient (Wildman–Crippen LogP) is 4.43. The van der Waals surface area contributed by atoms with Gasteiger partial charge in [0, 0.05) is 13.1 Å². The first kappa shape index (κ1) is 20.8. The lowest BCUT2D eigenvalue weighted by atomic mass is 10.1. The van der Waals surface area contributed by atoms with Crippen molar-refractivity contribution in [2.45, 2.75) is 24.2 Å². The van der Waals surface area contributed by atoms with E-state index in [1.807, 2.05) is 0 Å². The van der Waals surface area contributed by atoms with Crippen molar-refractivity contribution >= 4 is 44.8 Å². The molecule has 1 fully saturated rings. The average molecular weight is 443 g/mol. The molecule has 0 radical (unpaired) electrons. The van der Waals surface area contributed by atoms with Gasteiger partial charge in [0.25, 0.3) is 15.9 Å². The number of halogens is 2. The number of benzene rings is 2. The van der Waals surface area contributed by atoms with Gasteiger partial charge in [0.2, 0.25) is 0 Å². The molecule has 0 aliphatic carbocycles. The lowest BCUT2D eigenvalue weighted by Gasteiger charge is -2.27. The number of hydrogen-bond acceptors (Lipinski definition) is 4. The Balaban J connectivity index is 1.93. The second-order valence-corrected chi connectivity index (χ2v) is 8.80. The van der Waals surface area contributed by atoms with Gasteiger partial charge in [-0.1, -0.05) is 35.3 Å². The van der Waals surface area contributed by atoms with Gasteiger partial charge in [0.05, 0.1) is 23.4 Å². The predicted molar refractivity (Wildman–Crippen MR) is 110 cm³/mol. The summed E-state index contributed by atoms with van der Waals surface area (Å²) in [7, 11) is -2.66. The maximum absolute atomic E-state index is 12.9. The number of carbonyl (C=O) groups excluding carboxylic acids is 1. The molecule has 1 N–H and O–H groups in total. The van der Waals surface area contributed by atoms with Crippen LogP contribution in [0.2, 0.25) is 10.0 Å². The third-order valence-corrected chi connectivity index (χ3v) is 6.95. The Bertz CT molecular complexity index is 989. The zero-order valence-corrected chi connectivity index (χ0v) is 17.6. The summed E-state index contributed by atoms with van der Waals surface area (Å²) in [6, 6.07) is 9.25. The van der Waals surface area contributed by atoms with Crippen molar-refractivity contribution in [1.82, 2.24) is 4.90 Å². The van der Waals surface area contributed by atoms with Crippen LogP contribution in [0, 0.1) is 0 Å². The molecule has 0 spiro atoms. The summed E-state index contributed by atoms with van der Waals surface area (Å²) in [6.07, 6.45) is 2.98. The molecule has 9 heteroatoms. The Morgan fingerprint density at radius 3 is 2.39 bits per heavy atom. The fraction of sp³-hybridized carbons (Fsp3) is 0.316. The molecular weight excluding hydrogens is 423 g/mol. The van der Waals surface area contributed by atoms with Crippen LogP contribution in [0.3, 0.4) is 0 Å². The van der Waals surface area contributed by atoms with Crippen LogP contribution >= 0.6 is 23.2 Å². The first-order chi connectivity index (χ1) is 13.3. The average Bonchev–Trinajstić information content (AvgIpc) is 2.70. The fourth-order valence-electron chi connectivity index (χ4n) is 3.10. The fourth-order valence-corrected chi connectivity index (χ4v) is 5.03. The maximum Gasteiger partial charge on any atom is 0.263 e. The first-order valence-corrected chi connectivity index (χ1v) is 11.0. The zero-order valence-electron chi connectivity index (χ0n) is 15.2. The Morgan fingerprint density at radius 1 is 1.04 bits per heavy atom. The van der Waals surface area contributed by atoms with E-state index in [9.17, 15) is 13.2 Å². The Labute approximate surface area is 174 Å². The maximum atomic E-state index is 12.9. The van der Waals surface area contributed by atoms with Crippen molar-refractivity contribution in [3.63, 3.8) is 0 Å². The summed E-state index contributed by atoms with van der Waals surface area (Å²) in [4.78, 5) is 14.4. The Morgan fingerprint density at radius 2 is 1.71 bits per heavy atom. The Hall–Kier alpha value is -1.96. The lowest BCUT2D eigenvalue weighted by Crippen LogP contribution is -2.36. The quantitative estimate of drug-likeness (QED) is 0.742. The van der Waals surface area contributed by atoms with E-state index in [2.05, 4.69) is 4.72 Å². The van der Waals surface area contributed by atoms with Gasteiger partial charge >= 0.3 is 0 Å². The number of carbonyl (C=O) groups is 1. The number of likely N-dealkylation sites (tertiary alicyclic amines) is 1. The van der Waals surface area contributed by atoms with Crippen LogP contribution in [0.4, 0.5) is 5.69 Å². The smallest absolute Gasteiger partial charge is 0.263 e. The number of ether oxygens (including phenoxy) is 1. The molecule has 2 aromatic rings. The van der Waals surface area contributed by atoms with Crippen molar-refractivity contribution < 1.29 is 17.9 Å². The number of methoxy groups -OCH3 is 1. The van der Waals surface area contributed by atoms with E-state index < -0.39 is 10.0 Å². The standard InChI is InChI=1S/C19H20Cl2N2O4S/c1-27-15-9-10-16(18(21)17(15)20)28(25,26)22-14-8-4-3-7-13(14)19(24)23-11-5-2-6-12-23/h3-4,7-10,22H,2,5-6,11-12H2,1H3.